The Kier molecular flexibility index (Phi) is 5.29. The highest BCUT2D eigenvalue weighted by atomic mass is 32.2. The van der Waals surface area contributed by atoms with Crippen LogP contribution in [0.2, 0.25) is 0 Å². The van der Waals surface area contributed by atoms with Crippen LogP contribution < -0.4 is 15.8 Å². The van der Waals surface area contributed by atoms with Crippen molar-refractivity contribution in [3.63, 3.8) is 0 Å². The number of rotatable bonds is 5. The minimum absolute atomic E-state index is 0.0888. The van der Waals surface area contributed by atoms with Crippen molar-refractivity contribution in [2.24, 2.45) is 11.7 Å². The van der Waals surface area contributed by atoms with Gasteiger partial charge < -0.3 is 11.1 Å². The summed E-state index contributed by atoms with van der Waals surface area (Å²) in [5.74, 6) is -0.520. The van der Waals surface area contributed by atoms with Gasteiger partial charge in [0, 0.05) is 0 Å². The van der Waals surface area contributed by atoms with Gasteiger partial charge in [-0.25, -0.2) is 12.8 Å². The highest BCUT2D eigenvalue weighted by Gasteiger charge is 2.18. The molecule has 1 unspecified atom stereocenters. The molecular formula is C12H18FN3O2S2. The van der Waals surface area contributed by atoms with Gasteiger partial charge in [-0.15, -0.1) is 0 Å². The van der Waals surface area contributed by atoms with Crippen molar-refractivity contribution >= 4 is 33.0 Å². The smallest absolute Gasteiger partial charge is 0.229 e. The normalized spacial score (nSPS) is 13.1. The molecule has 0 saturated heterocycles. The first-order valence-electron chi connectivity index (χ1n) is 5.93. The van der Waals surface area contributed by atoms with Crippen LogP contribution in [0.25, 0.3) is 0 Å². The first kappa shape index (κ1) is 16.6. The minimum atomic E-state index is -3.51. The van der Waals surface area contributed by atoms with Crippen LogP contribution in [0, 0.1) is 11.7 Å². The van der Waals surface area contributed by atoms with E-state index >= 15 is 0 Å². The maximum absolute atomic E-state index is 13.9. The van der Waals surface area contributed by atoms with E-state index in [1.54, 1.807) is 6.07 Å². The van der Waals surface area contributed by atoms with Gasteiger partial charge in [0.2, 0.25) is 10.0 Å². The third kappa shape index (κ3) is 4.93. The second-order valence-corrected chi connectivity index (χ2v) is 7.03. The highest BCUT2D eigenvalue weighted by molar-refractivity contribution is 7.92. The molecule has 1 rings (SSSR count). The summed E-state index contributed by atoms with van der Waals surface area (Å²) in [5, 5.41) is 3.02. The quantitative estimate of drug-likeness (QED) is 0.720. The first-order valence-corrected chi connectivity index (χ1v) is 8.23. The highest BCUT2D eigenvalue weighted by Crippen LogP contribution is 2.25. The summed E-state index contributed by atoms with van der Waals surface area (Å²) in [5.41, 5.74) is 6.01. The molecule has 4 N–H and O–H groups in total. The molecule has 0 aliphatic rings. The maximum atomic E-state index is 13.9. The molecule has 20 heavy (non-hydrogen) atoms. The van der Waals surface area contributed by atoms with Gasteiger partial charge in [-0.2, -0.15) is 0 Å². The molecule has 1 atom stereocenters. The van der Waals surface area contributed by atoms with E-state index in [2.05, 4.69) is 10.0 Å². The number of hydrogen-bond acceptors (Lipinski definition) is 3. The second kappa shape index (κ2) is 6.36. The van der Waals surface area contributed by atoms with Crippen LogP contribution in [0.3, 0.4) is 0 Å². The zero-order valence-electron chi connectivity index (χ0n) is 11.5. The van der Waals surface area contributed by atoms with Crippen molar-refractivity contribution in [1.82, 2.24) is 5.32 Å². The van der Waals surface area contributed by atoms with Gasteiger partial charge in [0.15, 0.2) is 5.11 Å². The molecule has 0 aliphatic carbocycles. The van der Waals surface area contributed by atoms with Gasteiger partial charge in [-0.3, -0.25) is 4.72 Å². The molecule has 0 fully saturated rings. The van der Waals surface area contributed by atoms with Crippen molar-refractivity contribution in [3.8, 4) is 0 Å². The average molecular weight is 319 g/mol. The molecule has 0 spiro atoms. The molecule has 0 heterocycles. The number of benzene rings is 1. The van der Waals surface area contributed by atoms with Gasteiger partial charge in [0.1, 0.15) is 5.82 Å². The summed E-state index contributed by atoms with van der Waals surface area (Å²) in [6.07, 6.45) is 0.964. The number of hydrogen-bond donors (Lipinski definition) is 3. The lowest BCUT2D eigenvalue weighted by Gasteiger charge is -2.23. The Morgan fingerprint density at radius 2 is 2.00 bits per heavy atom. The summed E-state index contributed by atoms with van der Waals surface area (Å²) >= 11 is 4.80. The van der Waals surface area contributed by atoms with Crippen LogP contribution in [0.1, 0.15) is 25.5 Å². The third-order valence-corrected chi connectivity index (χ3v) is 3.32. The molecule has 112 valence electrons. The number of halogens is 1. The monoisotopic (exact) mass is 319 g/mol. The Labute approximate surface area is 123 Å². The number of nitrogens with one attached hydrogen (secondary N) is 2. The Hall–Kier alpha value is -1.41. The molecule has 0 aliphatic heterocycles. The molecule has 1 aromatic rings. The largest absolute Gasteiger partial charge is 0.376 e. The Balaban J connectivity index is 3.09. The summed E-state index contributed by atoms with van der Waals surface area (Å²) < 4.78 is 38.2. The number of thiocarbonyl (C=S) groups is 1. The van der Waals surface area contributed by atoms with Crippen LogP contribution in [0.4, 0.5) is 10.1 Å². The van der Waals surface area contributed by atoms with E-state index in [0.717, 1.165) is 6.26 Å². The Morgan fingerprint density at radius 1 is 1.40 bits per heavy atom. The van der Waals surface area contributed by atoms with E-state index in [9.17, 15) is 12.8 Å². The van der Waals surface area contributed by atoms with E-state index in [-0.39, 0.29) is 22.8 Å². The van der Waals surface area contributed by atoms with Crippen molar-refractivity contribution in [2.75, 3.05) is 11.0 Å². The molecular weight excluding hydrogens is 301 g/mol. The summed E-state index contributed by atoms with van der Waals surface area (Å²) in [6.45, 7) is 3.88. The van der Waals surface area contributed by atoms with E-state index < -0.39 is 15.8 Å². The summed E-state index contributed by atoms with van der Waals surface area (Å²) in [4.78, 5) is 0. The fourth-order valence-corrected chi connectivity index (χ4v) is 2.49. The van der Waals surface area contributed by atoms with Crippen LogP contribution in [-0.2, 0) is 10.0 Å². The van der Waals surface area contributed by atoms with E-state index in [0.29, 0.717) is 5.56 Å². The number of sulfonamides is 1. The molecule has 0 aromatic heterocycles. The summed E-state index contributed by atoms with van der Waals surface area (Å²) in [7, 11) is -3.51. The lowest BCUT2D eigenvalue weighted by atomic mass is 9.96. The zero-order valence-corrected chi connectivity index (χ0v) is 13.1. The maximum Gasteiger partial charge on any atom is 0.229 e. The van der Waals surface area contributed by atoms with Gasteiger partial charge >= 0.3 is 0 Å². The van der Waals surface area contributed by atoms with Crippen LogP contribution in [0.15, 0.2) is 18.2 Å². The van der Waals surface area contributed by atoms with Crippen LogP contribution in [-0.4, -0.2) is 19.8 Å². The molecule has 8 heteroatoms. The molecule has 0 amide bonds. The van der Waals surface area contributed by atoms with Gasteiger partial charge in [-0.1, -0.05) is 19.9 Å². The van der Waals surface area contributed by atoms with E-state index in [4.69, 9.17) is 18.0 Å². The molecule has 5 nitrogen and oxygen atoms in total. The molecule has 1 aromatic carbocycles. The van der Waals surface area contributed by atoms with Crippen molar-refractivity contribution in [1.29, 1.82) is 0 Å². The zero-order chi connectivity index (χ0) is 15.5. The lowest BCUT2D eigenvalue weighted by Crippen LogP contribution is -2.35. The van der Waals surface area contributed by atoms with Gasteiger partial charge in [-0.05, 0) is 35.8 Å². The van der Waals surface area contributed by atoms with Crippen LogP contribution in [0.5, 0.6) is 0 Å². The predicted octanol–water partition coefficient (Wildman–Crippen LogP) is 1.73. The van der Waals surface area contributed by atoms with Crippen LogP contribution >= 0.6 is 12.2 Å². The standard InChI is InChI=1S/C12H18FN3O2S2/c1-7(2)11(15-12(14)19)8-4-5-10(9(13)6-8)16-20(3,17)18/h4-7,11,16H,1-3H3,(H3,14,15,19). The number of anilines is 1. The van der Waals surface area contributed by atoms with E-state index in [1.165, 1.54) is 12.1 Å². The van der Waals surface area contributed by atoms with Crippen molar-refractivity contribution in [2.45, 2.75) is 19.9 Å². The molecule has 0 radical (unpaired) electrons. The Morgan fingerprint density at radius 3 is 2.40 bits per heavy atom. The SMILES string of the molecule is CC(C)C(NC(N)=S)c1ccc(NS(C)(=O)=O)c(F)c1. The summed E-state index contributed by atoms with van der Waals surface area (Å²) in [6, 6.07) is 4.03. The second-order valence-electron chi connectivity index (χ2n) is 4.84. The fraction of sp³-hybridized carbons (Fsp3) is 0.417. The lowest BCUT2D eigenvalue weighted by molar-refractivity contribution is 0.470. The van der Waals surface area contributed by atoms with Crippen molar-refractivity contribution in [3.05, 3.63) is 29.6 Å². The number of nitrogens with two attached hydrogens (primary N) is 1. The first-order chi connectivity index (χ1) is 9.10. The third-order valence-electron chi connectivity index (χ3n) is 2.61. The minimum Gasteiger partial charge on any atom is -0.376 e. The molecule has 0 bridgehead atoms. The molecule has 0 saturated carbocycles. The Bertz CT molecular complexity index is 603. The average Bonchev–Trinajstić information content (AvgIpc) is 2.26. The van der Waals surface area contributed by atoms with Gasteiger partial charge in [0.25, 0.3) is 0 Å². The van der Waals surface area contributed by atoms with Crippen molar-refractivity contribution < 1.29 is 12.8 Å². The van der Waals surface area contributed by atoms with E-state index in [1.807, 2.05) is 13.8 Å². The topological polar surface area (TPSA) is 84.2 Å². The fourth-order valence-electron chi connectivity index (χ4n) is 1.80. The van der Waals surface area contributed by atoms with Gasteiger partial charge in [0.05, 0.1) is 18.0 Å². The predicted molar refractivity (Wildman–Crippen MR) is 82.4 cm³/mol.